The summed E-state index contributed by atoms with van der Waals surface area (Å²) in [5.74, 6) is 0.690. The van der Waals surface area contributed by atoms with Gasteiger partial charge in [-0.25, -0.2) is 0 Å². The summed E-state index contributed by atoms with van der Waals surface area (Å²) in [5.41, 5.74) is 4.22. The Kier molecular flexibility index (Phi) is 3.84. The normalized spacial score (nSPS) is 12.5. The summed E-state index contributed by atoms with van der Waals surface area (Å²) >= 11 is 0. The van der Waals surface area contributed by atoms with Crippen molar-refractivity contribution in [3.8, 4) is 0 Å². The summed E-state index contributed by atoms with van der Waals surface area (Å²) in [6, 6.07) is 2.31. The van der Waals surface area contributed by atoms with Crippen molar-refractivity contribution in [3.63, 3.8) is 0 Å². The summed E-state index contributed by atoms with van der Waals surface area (Å²) in [6.07, 6.45) is 0. The molecule has 92 valence electrons. The first-order chi connectivity index (χ1) is 7.29. The van der Waals surface area contributed by atoms with Crippen molar-refractivity contribution in [1.82, 2.24) is 9.88 Å². The van der Waals surface area contributed by atoms with Crippen molar-refractivity contribution in [2.45, 2.75) is 53.6 Å². The highest BCUT2D eigenvalue weighted by Gasteiger charge is 2.23. The van der Waals surface area contributed by atoms with E-state index in [9.17, 15) is 0 Å². The molecule has 2 heteroatoms. The minimum atomic E-state index is 0.0527. The zero-order valence-electron chi connectivity index (χ0n) is 11.8. The lowest BCUT2D eigenvalue weighted by Gasteiger charge is -2.25. The van der Waals surface area contributed by atoms with Gasteiger partial charge < -0.3 is 9.88 Å². The van der Waals surface area contributed by atoms with Crippen LogP contribution >= 0.6 is 0 Å². The van der Waals surface area contributed by atoms with E-state index in [1.807, 2.05) is 7.05 Å². The Morgan fingerprint density at radius 2 is 1.88 bits per heavy atom. The molecule has 0 aromatic carbocycles. The topological polar surface area (TPSA) is 17.0 Å². The van der Waals surface area contributed by atoms with Gasteiger partial charge in [-0.3, -0.25) is 0 Å². The smallest absolute Gasteiger partial charge is 0.0392 e. The van der Waals surface area contributed by atoms with Crippen LogP contribution < -0.4 is 5.32 Å². The van der Waals surface area contributed by atoms with E-state index in [1.165, 1.54) is 17.0 Å². The molecule has 0 aliphatic rings. The fourth-order valence-corrected chi connectivity index (χ4v) is 2.21. The fraction of sp³-hybridized carbons (Fsp3) is 0.714. The Balaban J connectivity index is 3.16. The van der Waals surface area contributed by atoms with Crippen molar-refractivity contribution in [2.24, 2.45) is 5.92 Å². The average molecular weight is 222 g/mol. The molecular formula is C14H26N2. The molecule has 1 N–H and O–H groups in total. The molecule has 1 aromatic heterocycles. The third kappa shape index (κ3) is 2.49. The van der Waals surface area contributed by atoms with Gasteiger partial charge in [-0.1, -0.05) is 13.8 Å². The second kappa shape index (κ2) is 4.62. The molecule has 1 aromatic rings. The van der Waals surface area contributed by atoms with Gasteiger partial charge >= 0.3 is 0 Å². The zero-order chi connectivity index (χ0) is 12.5. The summed E-state index contributed by atoms with van der Waals surface area (Å²) < 4.78 is 2.43. The first kappa shape index (κ1) is 13.3. The molecule has 1 heterocycles. The zero-order valence-corrected chi connectivity index (χ0v) is 11.8. The number of aryl methyl sites for hydroxylation is 1. The van der Waals surface area contributed by atoms with Crippen LogP contribution in [0.4, 0.5) is 0 Å². The van der Waals surface area contributed by atoms with Crippen LogP contribution in [0.2, 0.25) is 0 Å². The third-order valence-electron chi connectivity index (χ3n) is 3.42. The van der Waals surface area contributed by atoms with Crippen LogP contribution in [0.5, 0.6) is 0 Å². The lowest BCUT2D eigenvalue weighted by atomic mass is 9.95. The quantitative estimate of drug-likeness (QED) is 0.827. The predicted octanol–water partition coefficient (Wildman–Crippen LogP) is 3.22. The van der Waals surface area contributed by atoms with Crippen molar-refractivity contribution >= 4 is 0 Å². The van der Waals surface area contributed by atoms with E-state index < -0.39 is 0 Å². The Morgan fingerprint density at radius 1 is 1.31 bits per heavy atom. The van der Waals surface area contributed by atoms with Crippen LogP contribution in [0, 0.1) is 19.8 Å². The molecular weight excluding hydrogens is 196 g/mol. The summed E-state index contributed by atoms with van der Waals surface area (Å²) in [5, 5.41) is 3.38. The van der Waals surface area contributed by atoms with E-state index in [4.69, 9.17) is 0 Å². The van der Waals surface area contributed by atoms with Gasteiger partial charge in [-0.15, -0.1) is 0 Å². The summed E-state index contributed by atoms with van der Waals surface area (Å²) in [4.78, 5) is 0. The SMILES string of the molecule is CNC(C)(C)c1cc(C)n(CC(C)C)c1C. The first-order valence-corrected chi connectivity index (χ1v) is 6.15. The third-order valence-corrected chi connectivity index (χ3v) is 3.42. The number of rotatable bonds is 4. The number of nitrogens with one attached hydrogen (secondary N) is 1. The van der Waals surface area contributed by atoms with Gasteiger partial charge in [-0.2, -0.15) is 0 Å². The van der Waals surface area contributed by atoms with Crippen LogP contribution in [0.3, 0.4) is 0 Å². The molecule has 0 bridgehead atoms. The minimum absolute atomic E-state index is 0.0527. The maximum Gasteiger partial charge on any atom is 0.0392 e. The fourth-order valence-electron chi connectivity index (χ4n) is 2.21. The van der Waals surface area contributed by atoms with Gasteiger partial charge in [0.25, 0.3) is 0 Å². The van der Waals surface area contributed by atoms with E-state index in [-0.39, 0.29) is 5.54 Å². The Hall–Kier alpha value is -0.760. The van der Waals surface area contributed by atoms with E-state index in [0.717, 1.165) is 6.54 Å². The van der Waals surface area contributed by atoms with Crippen molar-refractivity contribution in [3.05, 3.63) is 23.0 Å². The molecule has 2 nitrogen and oxygen atoms in total. The molecule has 0 aliphatic heterocycles. The number of nitrogens with zero attached hydrogens (tertiary/aromatic N) is 1. The predicted molar refractivity (Wildman–Crippen MR) is 70.8 cm³/mol. The monoisotopic (exact) mass is 222 g/mol. The van der Waals surface area contributed by atoms with Crippen LogP contribution in [-0.4, -0.2) is 11.6 Å². The maximum atomic E-state index is 3.38. The number of aromatic nitrogens is 1. The van der Waals surface area contributed by atoms with Gasteiger partial charge in [0, 0.05) is 23.5 Å². The van der Waals surface area contributed by atoms with Crippen molar-refractivity contribution in [2.75, 3.05) is 7.05 Å². The molecule has 1 rings (SSSR count). The van der Waals surface area contributed by atoms with Crippen LogP contribution in [-0.2, 0) is 12.1 Å². The number of hydrogen-bond donors (Lipinski definition) is 1. The molecule has 0 saturated carbocycles. The summed E-state index contributed by atoms with van der Waals surface area (Å²) in [6.45, 7) is 14.5. The van der Waals surface area contributed by atoms with E-state index >= 15 is 0 Å². The average Bonchev–Trinajstić information content (AvgIpc) is 2.46. The standard InChI is InChI=1S/C14H26N2/c1-10(2)9-16-11(3)8-13(12(16)4)14(5,6)15-7/h8,10,15H,9H2,1-7H3. The minimum Gasteiger partial charge on any atom is -0.349 e. The van der Waals surface area contributed by atoms with Gasteiger partial charge in [0.05, 0.1) is 0 Å². The number of hydrogen-bond acceptors (Lipinski definition) is 1. The lowest BCUT2D eigenvalue weighted by molar-refractivity contribution is 0.437. The van der Waals surface area contributed by atoms with E-state index in [1.54, 1.807) is 0 Å². The maximum absolute atomic E-state index is 3.38. The van der Waals surface area contributed by atoms with Crippen LogP contribution in [0.1, 0.15) is 44.6 Å². The Bertz CT molecular complexity index is 359. The Labute approximate surface area is 100 Å². The van der Waals surface area contributed by atoms with Crippen molar-refractivity contribution in [1.29, 1.82) is 0 Å². The molecule has 0 atom stereocenters. The molecule has 0 fully saturated rings. The molecule has 0 amide bonds. The molecule has 0 saturated heterocycles. The summed E-state index contributed by atoms with van der Waals surface area (Å²) in [7, 11) is 2.02. The Morgan fingerprint density at radius 3 is 2.31 bits per heavy atom. The first-order valence-electron chi connectivity index (χ1n) is 6.15. The van der Waals surface area contributed by atoms with Crippen LogP contribution in [0.15, 0.2) is 6.07 Å². The van der Waals surface area contributed by atoms with Gasteiger partial charge in [0.2, 0.25) is 0 Å². The van der Waals surface area contributed by atoms with E-state index in [2.05, 4.69) is 57.5 Å². The second-order valence-corrected chi connectivity index (χ2v) is 5.66. The lowest BCUT2D eigenvalue weighted by Crippen LogP contribution is -2.33. The van der Waals surface area contributed by atoms with Gasteiger partial charge in [0.1, 0.15) is 0 Å². The van der Waals surface area contributed by atoms with E-state index in [0.29, 0.717) is 5.92 Å². The highest BCUT2D eigenvalue weighted by atomic mass is 15.0. The van der Waals surface area contributed by atoms with Crippen molar-refractivity contribution < 1.29 is 0 Å². The molecule has 0 radical (unpaired) electrons. The van der Waals surface area contributed by atoms with Gasteiger partial charge in [0.15, 0.2) is 0 Å². The largest absolute Gasteiger partial charge is 0.349 e. The molecule has 0 aliphatic carbocycles. The molecule has 0 unspecified atom stereocenters. The highest BCUT2D eigenvalue weighted by Crippen LogP contribution is 2.27. The van der Waals surface area contributed by atoms with Crippen LogP contribution in [0.25, 0.3) is 0 Å². The molecule has 0 spiro atoms. The van der Waals surface area contributed by atoms with Gasteiger partial charge in [-0.05, 0) is 52.3 Å². The molecule has 16 heavy (non-hydrogen) atoms. The highest BCUT2D eigenvalue weighted by molar-refractivity contribution is 5.32. The second-order valence-electron chi connectivity index (χ2n) is 5.66.